The van der Waals surface area contributed by atoms with Crippen molar-refractivity contribution >= 4 is 44.9 Å². The summed E-state index contributed by atoms with van der Waals surface area (Å²) < 4.78 is 0.559. The quantitative estimate of drug-likeness (QED) is 0.556. The summed E-state index contributed by atoms with van der Waals surface area (Å²) >= 11 is 14.8. The van der Waals surface area contributed by atoms with Crippen LogP contribution in [0.1, 0.15) is 17.3 Å². The fraction of sp³-hybridized carbons (Fsp3) is 0.125. The number of halogens is 3. The summed E-state index contributed by atoms with van der Waals surface area (Å²) in [7, 11) is 0. The molecular weight excluding hydrogens is 263 g/mol. The Morgan fingerprint density at radius 2 is 1.83 bits per heavy atom. The van der Waals surface area contributed by atoms with E-state index in [0.29, 0.717) is 20.1 Å². The smallest absolute Gasteiger partial charge is 0.162 e. The average Bonchev–Trinajstić information content (AvgIpc) is 1.97. The molecule has 0 fully saturated rings. The normalized spacial score (nSPS) is 10.0. The lowest BCUT2D eigenvalue weighted by atomic mass is 10.1. The molecular formula is C8H5BrCl2O. The van der Waals surface area contributed by atoms with Crippen LogP contribution in [-0.2, 0) is 0 Å². The summed E-state index contributed by atoms with van der Waals surface area (Å²) in [4.78, 5) is 11.1. The zero-order valence-corrected chi connectivity index (χ0v) is 9.29. The molecule has 1 rings (SSSR count). The van der Waals surface area contributed by atoms with Crippen LogP contribution in [0, 0.1) is 0 Å². The first-order chi connectivity index (χ1) is 5.54. The van der Waals surface area contributed by atoms with Crippen molar-refractivity contribution in [2.45, 2.75) is 6.92 Å². The highest BCUT2D eigenvalue weighted by atomic mass is 79.9. The fourth-order valence-electron chi connectivity index (χ4n) is 0.850. The van der Waals surface area contributed by atoms with Gasteiger partial charge in [-0.15, -0.1) is 0 Å². The SMILES string of the molecule is CC(=O)c1c(Cl)ccc(Cl)c1Br. The van der Waals surface area contributed by atoms with Gasteiger partial charge in [0, 0.05) is 4.47 Å². The Kier molecular flexibility index (Phi) is 3.16. The van der Waals surface area contributed by atoms with Crippen molar-refractivity contribution in [2.75, 3.05) is 0 Å². The molecule has 0 N–H and O–H groups in total. The Labute approximate surface area is 88.8 Å². The van der Waals surface area contributed by atoms with Gasteiger partial charge in [-0.25, -0.2) is 0 Å². The number of benzene rings is 1. The Morgan fingerprint density at radius 1 is 1.33 bits per heavy atom. The first-order valence-electron chi connectivity index (χ1n) is 3.18. The second-order valence-electron chi connectivity index (χ2n) is 2.27. The molecule has 0 heterocycles. The summed E-state index contributed by atoms with van der Waals surface area (Å²) in [5.41, 5.74) is 0.434. The summed E-state index contributed by atoms with van der Waals surface area (Å²) in [5, 5.41) is 0.906. The molecule has 0 saturated carbocycles. The maximum atomic E-state index is 11.1. The molecule has 0 aromatic heterocycles. The predicted octanol–water partition coefficient (Wildman–Crippen LogP) is 3.96. The van der Waals surface area contributed by atoms with Gasteiger partial charge in [0.05, 0.1) is 15.6 Å². The largest absolute Gasteiger partial charge is 0.294 e. The van der Waals surface area contributed by atoms with Crippen molar-refractivity contribution < 1.29 is 4.79 Å². The van der Waals surface area contributed by atoms with Crippen LogP contribution in [0.3, 0.4) is 0 Å². The Balaban J connectivity index is 3.43. The monoisotopic (exact) mass is 266 g/mol. The van der Waals surface area contributed by atoms with E-state index in [-0.39, 0.29) is 5.78 Å². The molecule has 1 aromatic rings. The molecule has 4 heteroatoms. The number of carbonyl (C=O) groups is 1. The lowest BCUT2D eigenvalue weighted by Gasteiger charge is -2.03. The first kappa shape index (κ1) is 10.0. The van der Waals surface area contributed by atoms with Crippen molar-refractivity contribution in [3.8, 4) is 0 Å². The van der Waals surface area contributed by atoms with Gasteiger partial charge in [0.25, 0.3) is 0 Å². The number of hydrogen-bond donors (Lipinski definition) is 0. The third-order valence-corrected chi connectivity index (χ3v) is 3.08. The number of hydrogen-bond acceptors (Lipinski definition) is 1. The molecule has 1 aromatic carbocycles. The van der Waals surface area contributed by atoms with E-state index >= 15 is 0 Å². The van der Waals surface area contributed by atoms with E-state index in [4.69, 9.17) is 23.2 Å². The van der Waals surface area contributed by atoms with Crippen LogP contribution in [0.2, 0.25) is 10.0 Å². The highest BCUT2D eigenvalue weighted by molar-refractivity contribution is 9.10. The molecule has 0 aliphatic carbocycles. The summed E-state index contributed by atoms with van der Waals surface area (Å²) in [6.45, 7) is 1.45. The van der Waals surface area contributed by atoms with Crippen molar-refractivity contribution in [1.82, 2.24) is 0 Å². The van der Waals surface area contributed by atoms with Gasteiger partial charge >= 0.3 is 0 Å². The Hall–Kier alpha value is -0.0500. The van der Waals surface area contributed by atoms with Gasteiger partial charge in [0.1, 0.15) is 0 Å². The van der Waals surface area contributed by atoms with E-state index in [1.54, 1.807) is 12.1 Å². The molecule has 1 nitrogen and oxygen atoms in total. The van der Waals surface area contributed by atoms with E-state index in [1.807, 2.05) is 0 Å². The van der Waals surface area contributed by atoms with E-state index in [9.17, 15) is 4.79 Å². The highest BCUT2D eigenvalue weighted by Crippen LogP contribution is 2.31. The molecule has 0 saturated heterocycles. The minimum atomic E-state index is -0.102. The molecule has 0 unspecified atom stereocenters. The standard InChI is InChI=1S/C8H5BrCl2O/c1-4(12)7-5(10)2-3-6(11)8(7)9/h2-3H,1H3. The highest BCUT2D eigenvalue weighted by Gasteiger charge is 2.12. The van der Waals surface area contributed by atoms with Gasteiger partial charge in [-0.3, -0.25) is 4.79 Å². The van der Waals surface area contributed by atoms with E-state index in [2.05, 4.69) is 15.9 Å². The van der Waals surface area contributed by atoms with Crippen molar-refractivity contribution in [2.24, 2.45) is 0 Å². The van der Waals surface area contributed by atoms with Gasteiger partial charge < -0.3 is 0 Å². The lowest BCUT2D eigenvalue weighted by Crippen LogP contribution is -1.95. The second-order valence-corrected chi connectivity index (χ2v) is 3.88. The molecule has 0 bridgehead atoms. The molecule has 0 spiro atoms. The van der Waals surface area contributed by atoms with Gasteiger partial charge in [-0.05, 0) is 35.0 Å². The predicted molar refractivity (Wildman–Crippen MR) is 54.2 cm³/mol. The molecule has 64 valence electrons. The van der Waals surface area contributed by atoms with E-state index in [1.165, 1.54) is 6.92 Å². The van der Waals surface area contributed by atoms with Crippen LogP contribution in [0.25, 0.3) is 0 Å². The number of Topliss-reactive ketones (excluding diaryl/α,β-unsaturated/α-hetero) is 1. The van der Waals surface area contributed by atoms with Gasteiger partial charge in [-0.2, -0.15) is 0 Å². The second kappa shape index (κ2) is 3.77. The lowest BCUT2D eigenvalue weighted by molar-refractivity contribution is 0.101. The van der Waals surface area contributed by atoms with Crippen LogP contribution in [0.5, 0.6) is 0 Å². The third-order valence-electron chi connectivity index (χ3n) is 1.40. The van der Waals surface area contributed by atoms with Crippen LogP contribution >= 0.6 is 39.1 Å². The molecule has 0 amide bonds. The van der Waals surface area contributed by atoms with Gasteiger partial charge in [-0.1, -0.05) is 23.2 Å². The maximum Gasteiger partial charge on any atom is 0.162 e. The fourth-order valence-corrected chi connectivity index (χ4v) is 2.04. The zero-order valence-electron chi connectivity index (χ0n) is 6.20. The Morgan fingerprint density at radius 3 is 2.25 bits per heavy atom. The maximum absolute atomic E-state index is 11.1. The number of ketones is 1. The van der Waals surface area contributed by atoms with Crippen molar-refractivity contribution in [3.05, 3.63) is 32.2 Å². The molecule has 12 heavy (non-hydrogen) atoms. The average molecular weight is 268 g/mol. The third kappa shape index (κ3) is 1.82. The van der Waals surface area contributed by atoms with E-state index < -0.39 is 0 Å². The van der Waals surface area contributed by atoms with Crippen LogP contribution in [0.15, 0.2) is 16.6 Å². The number of rotatable bonds is 1. The molecule has 0 atom stereocenters. The van der Waals surface area contributed by atoms with Crippen molar-refractivity contribution in [3.63, 3.8) is 0 Å². The Bertz CT molecular complexity index is 336. The van der Waals surface area contributed by atoms with E-state index in [0.717, 1.165) is 0 Å². The van der Waals surface area contributed by atoms with Gasteiger partial charge in [0.15, 0.2) is 5.78 Å². The topological polar surface area (TPSA) is 17.1 Å². The molecule has 0 aliphatic heterocycles. The summed E-state index contributed by atoms with van der Waals surface area (Å²) in [6.07, 6.45) is 0. The number of carbonyl (C=O) groups excluding carboxylic acids is 1. The van der Waals surface area contributed by atoms with Crippen LogP contribution in [-0.4, -0.2) is 5.78 Å². The molecule has 0 aliphatic rings. The minimum absolute atomic E-state index is 0.102. The van der Waals surface area contributed by atoms with Crippen LogP contribution in [0.4, 0.5) is 0 Å². The molecule has 0 radical (unpaired) electrons. The summed E-state index contributed by atoms with van der Waals surface area (Å²) in [5.74, 6) is -0.102. The first-order valence-corrected chi connectivity index (χ1v) is 4.73. The van der Waals surface area contributed by atoms with Crippen LogP contribution < -0.4 is 0 Å². The van der Waals surface area contributed by atoms with Gasteiger partial charge in [0.2, 0.25) is 0 Å². The zero-order chi connectivity index (χ0) is 9.30. The minimum Gasteiger partial charge on any atom is -0.294 e. The summed E-state index contributed by atoms with van der Waals surface area (Å²) in [6, 6.07) is 3.24. The van der Waals surface area contributed by atoms with Crippen molar-refractivity contribution in [1.29, 1.82) is 0 Å².